The van der Waals surface area contributed by atoms with Gasteiger partial charge in [-0.05, 0) is 56.4 Å². The molecule has 0 atom stereocenters. The van der Waals surface area contributed by atoms with Crippen molar-refractivity contribution in [1.29, 1.82) is 0 Å². The van der Waals surface area contributed by atoms with Crippen molar-refractivity contribution in [3.8, 4) is 0 Å². The van der Waals surface area contributed by atoms with E-state index in [-0.39, 0.29) is 5.91 Å². The van der Waals surface area contributed by atoms with Gasteiger partial charge in [0.1, 0.15) is 0 Å². The molecule has 0 bridgehead atoms. The molecule has 1 aliphatic rings. The zero-order chi connectivity index (χ0) is 14.3. The molecule has 3 rings (SSSR count). The lowest BCUT2D eigenvalue weighted by molar-refractivity contribution is 0.0989. The van der Waals surface area contributed by atoms with E-state index in [9.17, 15) is 4.79 Å². The first-order chi connectivity index (χ1) is 9.58. The van der Waals surface area contributed by atoms with Gasteiger partial charge in [0.15, 0.2) is 0 Å². The summed E-state index contributed by atoms with van der Waals surface area (Å²) in [6.45, 7) is 7.06. The van der Waals surface area contributed by atoms with Crippen molar-refractivity contribution in [2.75, 3.05) is 11.4 Å². The lowest BCUT2D eigenvalue weighted by Gasteiger charge is -2.30. The van der Waals surface area contributed by atoms with Crippen molar-refractivity contribution in [2.45, 2.75) is 33.6 Å². The van der Waals surface area contributed by atoms with Gasteiger partial charge in [-0.3, -0.25) is 4.79 Å². The molecule has 0 N–H and O–H groups in total. The van der Waals surface area contributed by atoms with Crippen LogP contribution in [0.15, 0.2) is 24.3 Å². The van der Waals surface area contributed by atoms with Crippen LogP contribution < -0.4 is 4.90 Å². The fraction of sp³-hybridized carbons (Fsp3) is 0.353. The molecule has 0 fully saturated rings. The predicted molar refractivity (Wildman–Crippen MR) is 85.0 cm³/mol. The topological polar surface area (TPSA) is 20.3 Å². The molecular formula is C17H19NOS. The number of para-hydroxylation sites is 1. The highest BCUT2D eigenvalue weighted by Gasteiger charge is 2.26. The number of hydrogen-bond acceptors (Lipinski definition) is 2. The minimum absolute atomic E-state index is 0.154. The Morgan fingerprint density at radius 1 is 1.20 bits per heavy atom. The van der Waals surface area contributed by atoms with Crippen molar-refractivity contribution < 1.29 is 4.79 Å². The van der Waals surface area contributed by atoms with E-state index in [1.54, 1.807) is 11.3 Å². The molecule has 3 heteroatoms. The van der Waals surface area contributed by atoms with Gasteiger partial charge in [-0.1, -0.05) is 18.2 Å². The van der Waals surface area contributed by atoms with Crippen LogP contribution >= 0.6 is 11.3 Å². The average molecular weight is 285 g/mol. The monoisotopic (exact) mass is 285 g/mol. The SMILES string of the molecule is Cc1cc(C(=O)N2CCCc3cccc(C)c32)sc1C. The molecule has 2 aromatic rings. The molecule has 104 valence electrons. The highest BCUT2D eigenvalue weighted by Crippen LogP contribution is 2.33. The number of carbonyl (C=O) groups is 1. The first kappa shape index (κ1) is 13.4. The van der Waals surface area contributed by atoms with Crippen LogP contribution in [0.1, 0.15) is 37.7 Å². The van der Waals surface area contributed by atoms with Crippen LogP contribution in [0.5, 0.6) is 0 Å². The molecule has 0 radical (unpaired) electrons. The summed E-state index contributed by atoms with van der Waals surface area (Å²) in [5, 5.41) is 0. The van der Waals surface area contributed by atoms with E-state index >= 15 is 0 Å². The Kier molecular flexibility index (Phi) is 3.38. The summed E-state index contributed by atoms with van der Waals surface area (Å²) in [6.07, 6.45) is 2.12. The minimum atomic E-state index is 0.154. The summed E-state index contributed by atoms with van der Waals surface area (Å²) in [7, 11) is 0. The molecule has 1 aromatic carbocycles. The first-order valence-corrected chi connectivity index (χ1v) is 7.87. The number of rotatable bonds is 1. The Bertz CT molecular complexity index is 652. The Morgan fingerprint density at radius 3 is 2.70 bits per heavy atom. The van der Waals surface area contributed by atoms with Gasteiger partial charge in [0, 0.05) is 11.4 Å². The average Bonchev–Trinajstić information content (AvgIpc) is 2.78. The predicted octanol–water partition coefficient (Wildman–Crippen LogP) is 4.27. The van der Waals surface area contributed by atoms with Gasteiger partial charge in [-0.15, -0.1) is 11.3 Å². The van der Waals surface area contributed by atoms with Crippen LogP contribution in [-0.4, -0.2) is 12.5 Å². The van der Waals surface area contributed by atoms with E-state index in [0.717, 1.165) is 30.0 Å². The molecule has 2 nitrogen and oxygen atoms in total. The van der Waals surface area contributed by atoms with E-state index in [2.05, 4.69) is 39.0 Å². The lowest BCUT2D eigenvalue weighted by Crippen LogP contribution is -2.35. The van der Waals surface area contributed by atoms with E-state index in [1.807, 2.05) is 11.0 Å². The fourth-order valence-corrected chi connectivity index (χ4v) is 3.84. The van der Waals surface area contributed by atoms with Gasteiger partial charge < -0.3 is 4.90 Å². The number of hydrogen-bond donors (Lipinski definition) is 0. The maximum absolute atomic E-state index is 12.8. The number of benzene rings is 1. The second-order valence-electron chi connectivity index (χ2n) is 5.49. The van der Waals surface area contributed by atoms with Crippen molar-refractivity contribution in [2.24, 2.45) is 0 Å². The smallest absolute Gasteiger partial charge is 0.268 e. The molecule has 0 unspecified atom stereocenters. The normalized spacial score (nSPS) is 14.2. The molecule has 1 aliphatic heterocycles. The summed E-state index contributed by atoms with van der Waals surface area (Å²) >= 11 is 1.61. The van der Waals surface area contributed by atoms with E-state index in [1.165, 1.54) is 21.6 Å². The van der Waals surface area contributed by atoms with Crippen molar-refractivity contribution in [3.63, 3.8) is 0 Å². The third-order valence-electron chi connectivity index (χ3n) is 4.04. The third kappa shape index (κ3) is 2.16. The quantitative estimate of drug-likeness (QED) is 0.766. The Labute approximate surface area is 124 Å². The molecule has 0 saturated carbocycles. The molecule has 1 aromatic heterocycles. The molecular weight excluding hydrogens is 266 g/mol. The number of fused-ring (bicyclic) bond motifs is 1. The van der Waals surface area contributed by atoms with Crippen LogP contribution in [-0.2, 0) is 6.42 Å². The first-order valence-electron chi connectivity index (χ1n) is 7.05. The number of nitrogens with zero attached hydrogens (tertiary/aromatic N) is 1. The summed E-state index contributed by atoms with van der Waals surface area (Å²) < 4.78 is 0. The van der Waals surface area contributed by atoms with E-state index in [4.69, 9.17) is 0 Å². The van der Waals surface area contributed by atoms with Gasteiger partial charge >= 0.3 is 0 Å². The van der Waals surface area contributed by atoms with Crippen molar-refractivity contribution in [1.82, 2.24) is 0 Å². The molecule has 0 saturated heterocycles. The number of anilines is 1. The third-order valence-corrected chi connectivity index (χ3v) is 5.18. The number of aryl methyl sites for hydroxylation is 4. The largest absolute Gasteiger partial charge is 0.307 e. The van der Waals surface area contributed by atoms with Crippen molar-refractivity contribution in [3.05, 3.63) is 50.7 Å². The number of thiophene rings is 1. The van der Waals surface area contributed by atoms with E-state index < -0.39 is 0 Å². The molecule has 2 heterocycles. The number of amides is 1. The Hall–Kier alpha value is -1.61. The zero-order valence-electron chi connectivity index (χ0n) is 12.2. The second-order valence-corrected chi connectivity index (χ2v) is 6.75. The maximum Gasteiger partial charge on any atom is 0.268 e. The fourth-order valence-electron chi connectivity index (χ4n) is 2.86. The second kappa shape index (κ2) is 5.06. The summed E-state index contributed by atoms with van der Waals surface area (Å²) in [5.74, 6) is 0.154. The molecule has 1 amide bonds. The van der Waals surface area contributed by atoms with Crippen LogP contribution in [0, 0.1) is 20.8 Å². The van der Waals surface area contributed by atoms with Crippen LogP contribution in [0.2, 0.25) is 0 Å². The van der Waals surface area contributed by atoms with Gasteiger partial charge in [0.2, 0.25) is 0 Å². The molecule has 20 heavy (non-hydrogen) atoms. The minimum Gasteiger partial charge on any atom is -0.307 e. The lowest BCUT2D eigenvalue weighted by atomic mass is 9.98. The Balaban J connectivity index is 2.02. The summed E-state index contributed by atoms with van der Waals surface area (Å²) in [6, 6.07) is 8.35. The van der Waals surface area contributed by atoms with Crippen LogP contribution in [0.25, 0.3) is 0 Å². The summed E-state index contributed by atoms with van der Waals surface area (Å²) in [5.41, 5.74) is 4.84. The highest BCUT2D eigenvalue weighted by atomic mass is 32.1. The van der Waals surface area contributed by atoms with Crippen LogP contribution in [0.3, 0.4) is 0 Å². The van der Waals surface area contributed by atoms with Crippen molar-refractivity contribution >= 4 is 22.9 Å². The zero-order valence-corrected chi connectivity index (χ0v) is 13.0. The molecule has 0 aliphatic carbocycles. The van der Waals surface area contributed by atoms with Gasteiger partial charge in [0.25, 0.3) is 5.91 Å². The van der Waals surface area contributed by atoms with Crippen LogP contribution in [0.4, 0.5) is 5.69 Å². The van der Waals surface area contributed by atoms with E-state index in [0.29, 0.717) is 0 Å². The Morgan fingerprint density at radius 2 is 2.00 bits per heavy atom. The standard InChI is InChI=1S/C17H19NOS/c1-11-6-4-7-14-8-5-9-18(16(11)14)17(19)15-10-12(2)13(3)20-15/h4,6-7,10H,5,8-9H2,1-3H3. The maximum atomic E-state index is 12.8. The van der Waals surface area contributed by atoms with Gasteiger partial charge in [-0.25, -0.2) is 0 Å². The van der Waals surface area contributed by atoms with Gasteiger partial charge in [-0.2, -0.15) is 0 Å². The summed E-state index contributed by atoms with van der Waals surface area (Å²) in [4.78, 5) is 16.9. The highest BCUT2D eigenvalue weighted by molar-refractivity contribution is 7.14. The van der Waals surface area contributed by atoms with Gasteiger partial charge in [0.05, 0.1) is 10.6 Å². The molecule has 0 spiro atoms. The number of carbonyl (C=O) groups excluding carboxylic acids is 1.